The van der Waals surface area contributed by atoms with E-state index < -0.39 is 0 Å². The summed E-state index contributed by atoms with van der Waals surface area (Å²) in [5.74, 6) is 4.32. The Hall–Kier alpha value is -1.30. The monoisotopic (exact) mass is 347 g/mol. The Morgan fingerprint density at radius 1 is 1.29 bits per heavy atom. The third-order valence-corrected chi connectivity index (χ3v) is 5.62. The van der Waals surface area contributed by atoms with Crippen LogP contribution in [0.1, 0.15) is 68.6 Å². The maximum Gasteiger partial charge on any atom is 0.151 e. The zero-order chi connectivity index (χ0) is 16.9. The molecular formula is C18H29N5S. The van der Waals surface area contributed by atoms with Crippen LogP contribution in [-0.2, 0) is 12.8 Å². The van der Waals surface area contributed by atoms with Crippen LogP contribution in [0, 0.1) is 6.92 Å². The fraction of sp³-hybridized carbons (Fsp3) is 0.722. The van der Waals surface area contributed by atoms with Crippen molar-refractivity contribution < 1.29 is 0 Å². The van der Waals surface area contributed by atoms with Crippen LogP contribution in [0.3, 0.4) is 0 Å². The summed E-state index contributed by atoms with van der Waals surface area (Å²) in [6.07, 6.45) is 14.5. The molecule has 0 aromatic carbocycles. The molecule has 1 atom stereocenters. The fourth-order valence-corrected chi connectivity index (χ4v) is 4.06. The summed E-state index contributed by atoms with van der Waals surface area (Å²) in [6, 6.07) is 0.896. The summed E-state index contributed by atoms with van der Waals surface area (Å²) in [4.78, 5) is 9.26. The molecule has 3 rings (SSSR count). The van der Waals surface area contributed by atoms with E-state index in [9.17, 15) is 0 Å². The van der Waals surface area contributed by atoms with Gasteiger partial charge < -0.3 is 4.57 Å². The molecule has 0 aliphatic heterocycles. The Balaban J connectivity index is 1.81. The predicted octanol–water partition coefficient (Wildman–Crippen LogP) is 4.00. The molecule has 2 aromatic rings. The minimum atomic E-state index is 0.354. The van der Waals surface area contributed by atoms with Gasteiger partial charge in [0.15, 0.2) is 5.82 Å². The lowest BCUT2D eigenvalue weighted by Gasteiger charge is -2.24. The average molecular weight is 348 g/mol. The van der Waals surface area contributed by atoms with Crippen molar-refractivity contribution in [2.45, 2.75) is 70.9 Å². The van der Waals surface area contributed by atoms with Crippen LogP contribution < -0.4 is 0 Å². The van der Waals surface area contributed by atoms with Gasteiger partial charge in [0.1, 0.15) is 11.6 Å². The van der Waals surface area contributed by atoms with E-state index in [2.05, 4.69) is 40.5 Å². The third kappa shape index (κ3) is 4.02. The SMILES string of the molecule is CSCCc1nc(C[C@@H](C)n2ccnc2C)n(C2CCCCC2)n1. The molecule has 1 aliphatic rings. The van der Waals surface area contributed by atoms with E-state index in [4.69, 9.17) is 10.1 Å². The lowest BCUT2D eigenvalue weighted by atomic mass is 9.95. The number of rotatable bonds is 7. The van der Waals surface area contributed by atoms with Crippen LogP contribution in [0.15, 0.2) is 12.4 Å². The summed E-state index contributed by atoms with van der Waals surface area (Å²) in [5.41, 5.74) is 0. The van der Waals surface area contributed by atoms with Crippen LogP contribution in [0.25, 0.3) is 0 Å². The van der Waals surface area contributed by atoms with E-state index in [0.717, 1.165) is 36.1 Å². The van der Waals surface area contributed by atoms with Crippen molar-refractivity contribution in [2.75, 3.05) is 12.0 Å². The van der Waals surface area contributed by atoms with Crippen molar-refractivity contribution in [3.8, 4) is 0 Å². The van der Waals surface area contributed by atoms with Gasteiger partial charge in [-0.1, -0.05) is 19.3 Å². The number of imidazole rings is 1. The van der Waals surface area contributed by atoms with Gasteiger partial charge in [0.2, 0.25) is 0 Å². The van der Waals surface area contributed by atoms with Gasteiger partial charge in [0.25, 0.3) is 0 Å². The number of aryl methyl sites for hydroxylation is 2. The minimum absolute atomic E-state index is 0.354. The quantitative estimate of drug-likeness (QED) is 0.759. The molecule has 0 unspecified atom stereocenters. The van der Waals surface area contributed by atoms with Crippen molar-refractivity contribution in [1.82, 2.24) is 24.3 Å². The van der Waals surface area contributed by atoms with Crippen LogP contribution in [0.2, 0.25) is 0 Å². The minimum Gasteiger partial charge on any atom is -0.332 e. The highest BCUT2D eigenvalue weighted by atomic mass is 32.2. The van der Waals surface area contributed by atoms with Gasteiger partial charge in [-0.3, -0.25) is 0 Å². The molecule has 132 valence electrons. The molecule has 2 heterocycles. The van der Waals surface area contributed by atoms with Gasteiger partial charge in [0.05, 0.1) is 6.04 Å². The van der Waals surface area contributed by atoms with E-state index in [1.165, 1.54) is 32.1 Å². The van der Waals surface area contributed by atoms with E-state index in [0.29, 0.717) is 12.1 Å². The van der Waals surface area contributed by atoms with Crippen molar-refractivity contribution in [3.63, 3.8) is 0 Å². The largest absolute Gasteiger partial charge is 0.332 e. The second-order valence-electron chi connectivity index (χ2n) is 6.86. The molecule has 0 bridgehead atoms. The first kappa shape index (κ1) is 17.5. The van der Waals surface area contributed by atoms with Gasteiger partial charge in [0, 0.05) is 37.0 Å². The van der Waals surface area contributed by atoms with Crippen molar-refractivity contribution >= 4 is 11.8 Å². The standard InChI is InChI=1S/C18H29N5S/c1-14(22-11-10-19-15(22)2)13-18-20-17(9-12-24-3)21-23(18)16-7-5-4-6-8-16/h10-11,14,16H,4-9,12-13H2,1-3H3/t14-/m1/s1. The van der Waals surface area contributed by atoms with Crippen molar-refractivity contribution in [1.29, 1.82) is 0 Å². The number of hydrogen-bond donors (Lipinski definition) is 0. The topological polar surface area (TPSA) is 48.5 Å². The van der Waals surface area contributed by atoms with Crippen molar-refractivity contribution in [2.24, 2.45) is 0 Å². The molecule has 0 N–H and O–H groups in total. The first-order chi connectivity index (χ1) is 11.7. The number of hydrogen-bond acceptors (Lipinski definition) is 4. The molecule has 24 heavy (non-hydrogen) atoms. The molecule has 1 saturated carbocycles. The van der Waals surface area contributed by atoms with Gasteiger partial charge in [-0.15, -0.1) is 0 Å². The van der Waals surface area contributed by atoms with Crippen LogP contribution in [-0.4, -0.2) is 36.3 Å². The molecule has 1 aliphatic carbocycles. The Labute approximate surface area is 149 Å². The van der Waals surface area contributed by atoms with Crippen molar-refractivity contribution in [3.05, 3.63) is 29.9 Å². The number of aromatic nitrogens is 5. The zero-order valence-electron chi connectivity index (χ0n) is 15.1. The smallest absolute Gasteiger partial charge is 0.151 e. The summed E-state index contributed by atoms with van der Waals surface area (Å²) in [5, 5.41) is 4.90. The first-order valence-corrected chi connectivity index (χ1v) is 10.5. The highest BCUT2D eigenvalue weighted by molar-refractivity contribution is 7.98. The molecular weight excluding hydrogens is 318 g/mol. The molecule has 0 spiro atoms. The van der Waals surface area contributed by atoms with Gasteiger partial charge in [-0.05, 0) is 32.9 Å². The summed E-state index contributed by atoms with van der Waals surface area (Å²) in [7, 11) is 0. The second-order valence-corrected chi connectivity index (χ2v) is 7.84. The lowest BCUT2D eigenvalue weighted by molar-refractivity contribution is 0.315. The average Bonchev–Trinajstić information content (AvgIpc) is 3.20. The predicted molar refractivity (Wildman–Crippen MR) is 99.6 cm³/mol. The molecule has 2 aromatic heterocycles. The molecule has 0 saturated heterocycles. The van der Waals surface area contributed by atoms with Gasteiger partial charge in [-0.2, -0.15) is 16.9 Å². The maximum atomic E-state index is 4.91. The first-order valence-electron chi connectivity index (χ1n) is 9.11. The van der Waals surface area contributed by atoms with E-state index in [1.54, 1.807) is 0 Å². The highest BCUT2D eigenvalue weighted by Gasteiger charge is 2.22. The number of nitrogens with zero attached hydrogens (tertiary/aromatic N) is 5. The highest BCUT2D eigenvalue weighted by Crippen LogP contribution is 2.29. The molecule has 0 amide bonds. The molecule has 0 radical (unpaired) electrons. The Morgan fingerprint density at radius 3 is 2.75 bits per heavy atom. The summed E-state index contributed by atoms with van der Waals surface area (Å²) >= 11 is 1.86. The molecule has 1 fully saturated rings. The van der Waals surface area contributed by atoms with Crippen LogP contribution >= 0.6 is 11.8 Å². The van der Waals surface area contributed by atoms with Crippen LogP contribution in [0.4, 0.5) is 0 Å². The fourth-order valence-electron chi connectivity index (χ4n) is 3.68. The third-order valence-electron chi connectivity index (χ3n) is 5.01. The van der Waals surface area contributed by atoms with E-state index in [1.807, 2.05) is 18.0 Å². The van der Waals surface area contributed by atoms with Crippen LogP contribution in [0.5, 0.6) is 0 Å². The summed E-state index contributed by atoms with van der Waals surface area (Å²) in [6.45, 7) is 4.31. The van der Waals surface area contributed by atoms with Gasteiger partial charge in [-0.25, -0.2) is 14.6 Å². The zero-order valence-corrected chi connectivity index (χ0v) is 15.9. The molecule has 5 nitrogen and oxygen atoms in total. The van der Waals surface area contributed by atoms with E-state index >= 15 is 0 Å². The Kier molecular flexibility index (Phi) is 5.98. The van der Waals surface area contributed by atoms with E-state index in [-0.39, 0.29) is 0 Å². The Morgan fingerprint density at radius 2 is 2.08 bits per heavy atom. The molecule has 6 heteroatoms. The normalized spacial score (nSPS) is 17.3. The maximum absolute atomic E-state index is 4.91. The summed E-state index contributed by atoms with van der Waals surface area (Å²) < 4.78 is 4.50. The number of thioether (sulfide) groups is 1. The Bertz CT molecular complexity index is 642. The lowest BCUT2D eigenvalue weighted by Crippen LogP contribution is -2.19. The van der Waals surface area contributed by atoms with Gasteiger partial charge >= 0.3 is 0 Å². The second kappa shape index (κ2) is 8.19.